The van der Waals surface area contributed by atoms with Gasteiger partial charge in [0.2, 0.25) is 0 Å². The lowest BCUT2D eigenvalue weighted by molar-refractivity contribution is -0.175. The van der Waals surface area contributed by atoms with Gasteiger partial charge in [-0.3, -0.25) is 13.6 Å². The zero-order chi connectivity index (χ0) is 17.7. The number of nitrogens with zero attached hydrogens (tertiary/aromatic N) is 2. The molecule has 0 aromatic carbocycles. The molecule has 2 aliphatic heterocycles. The molecule has 0 aliphatic carbocycles. The Kier molecular flexibility index (Phi) is 4.31. The van der Waals surface area contributed by atoms with Gasteiger partial charge in [0.15, 0.2) is 6.23 Å². The molecule has 1 aromatic heterocycles. The standard InChI is InChI=1S/C13H20N3O7P/c1-4-13-6-21-8(9(13)23-24(18,19)20-3)11(22-13)16-5-7(2)10(14)15-12(16)17/h5,8-9,11H,4,6H2,1-3H3,(H,18,19)(H2,14,15,17)/t8-,9?,11+,13+/m0/s1. The van der Waals surface area contributed by atoms with Crippen molar-refractivity contribution in [2.45, 2.75) is 44.3 Å². The van der Waals surface area contributed by atoms with Crippen LogP contribution >= 0.6 is 7.82 Å². The van der Waals surface area contributed by atoms with Crippen molar-refractivity contribution < 1.29 is 28.0 Å². The average molecular weight is 361 g/mol. The van der Waals surface area contributed by atoms with E-state index >= 15 is 0 Å². The van der Waals surface area contributed by atoms with Crippen LogP contribution in [0, 0.1) is 6.92 Å². The maximum Gasteiger partial charge on any atom is 0.472 e. The third kappa shape index (κ3) is 2.69. The molecule has 3 N–H and O–H groups in total. The van der Waals surface area contributed by atoms with Crippen molar-refractivity contribution >= 4 is 13.6 Å². The summed E-state index contributed by atoms with van der Waals surface area (Å²) >= 11 is 0. The molecule has 3 heterocycles. The highest BCUT2D eigenvalue weighted by Crippen LogP contribution is 2.54. The van der Waals surface area contributed by atoms with Crippen molar-refractivity contribution in [3.05, 3.63) is 22.2 Å². The maximum absolute atomic E-state index is 12.2. The minimum atomic E-state index is -4.24. The largest absolute Gasteiger partial charge is 0.472 e. The number of hydrogen-bond donors (Lipinski definition) is 2. The minimum absolute atomic E-state index is 0.137. The fourth-order valence-corrected chi connectivity index (χ4v) is 3.74. The summed E-state index contributed by atoms with van der Waals surface area (Å²) in [5.41, 5.74) is 4.70. The third-order valence-corrected chi connectivity index (χ3v) is 5.45. The molecule has 0 spiro atoms. The number of aromatic nitrogens is 2. The van der Waals surface area contributed by atoms with Gasteiger partial charge in [0.1, 0.15) is 23.6 Å². The van der Waals surface area contributed by atoms with E-state index in [4.69, 9.17) is 19.7 Å². The monoisotopic (exact) mass is 361 g/mol. The minimum Gasteiger partial charge on any atom is -0.383 e. The van der Waals surface area contributed by atoms with Gasteiger partial charge in [0.05, 0.1) is 6.61 Å². The van der Waals surface area contributed by atoms with E-state index in [-0.39, 0.29) is 12.4 Å². The summed E-state index contributed by atoms with van der Waals surface area (Å²) in [4.78, 5) is 25.6. The predicted molar refractivity (Wildman–Crippen MR) is 82.2 cm³/mol. The number of nitrogens with two attached hydrogens (primary N) is 1. The molecular formula is C13H20N3O7P. The fraction of sp³-hybridized carbons (Fsp3) is 0.692. The van der Waals surface area contributed by atoms with Crippen LogP contribution < -0.4 is 11.4 Å². The summed E-state index contributed by atoms with van der Waals surface area (Å²) in [6.07, 6.45) is -0.449. The summed E-state index contributed by atoms with van der Waals surface area (Å²) < 4.78 is 34.5. The van der Waals surface area contributed by atoms with Crippen molar-refractivity contribution in [2.75, 3.05) is 19.5 Å². The Morgan fingerprint density at radius 3 is 2.96 bits per heavy atom. The van der Waals surface area contributed by atoms with E-state index in [1.165, 1.54) is 10.8 Å². The highest BCUT2D eigenvalue weighted by Gasteiger charge is 2.63. The molecule has 10 nitrogen and oxygen atoms in total. The van der Waals surface area contributed by atoms with Crippen LogP contribution in [0.25, 0.3) is 0 Å². The summed E-state index contributed by atoms with van der Waals surface area (Å²) in [5, 5.41) is 0. The molecule has 1 aromatic rings. The van der Waals surface area contributed by atoms with Crippen molar-refractivity contribution in [3.8, 4) is 0 Å². The Balaban J connectivity index is 1.98. The maximum atomic E-state index is 12.2. The average Bonchev–Trinajstić information content (AvgIpc) is 3.03. The Morgan fingerprint density at radius 2 is 2.33 bits per heavy atom. The Bertz CT molecular complexity index is 754. The molecule has 0 radical (unpaired) electrons. The molecule has 0 saturated carbocycles. The second-order valence-corrected chi connectivity index (χ2v) is 7.39. The van der Waals surface area contributed by atoms with Crippen LogP contribution in [0.15, 0.2) is 11.0 Å². The van der Waals surface area contributed by atoms with E-state index in [1.807, 2.05) is 6.92 Å². The first-order valence-electron chi connectivity index (χ1n) is 7.44. The Hall–Kier alpha value is -1.29. The number of fused-ring (bicyclic) bond motifs is 2. The first-order valence-corrected chi connectivity index (χ1v) is 8.94. The molecule has 24 heavy (non-hydrogen) atoms. The van der Waals surface area contributed by atoms with Gasteiger partial charge in [-0.1, -0.05) is 6.92 Å². The number of anilines is 1. The molecule has 5 atom stereocenters. The molecule has 2 saturated heterocycles. The predicted octanol–water partition coefficient (Wildman–Crippen LogP) is 0.342. The van der Waals surface area contributed by atoms with Gasteiger partial charge in [-0.15, -0.1) is 0 Å². The third-order valence-electron chi connectivity index (χ3n) is 4.50. The number of hydrogen-bond acceptors (Lipinski definition) is 8. The van der Waals surface area contributed by atoms with E-state index in [9.17, 15) is 14.3 Å². The van der Waals surface area contributed by atoms with E-state index in [1.54, 1.807) is 6.92 Å². The normalized spacial score (nSPS) is 34.4. The lowest BCUT2D eigenvalue weighted by Gasteiger charge is -2.30. The van der Waals surface area contributed by atoms with Gasteiger partial charge in [-0.25, -0.2) is 9.36 Å². The van der Waals surface area contributed by atoms with Crippen LogP contribution in [0.3, 0.4) is 0 Å². The number of phosphoric acid groups is 1. The lowest BCUT2D eigenvalue weighted by Crippen LogP contribution is -2.41. The van der Waals surface area contributed by atoms with Gasteiger partial charge in [-0.2, -0.15) is 4.98 Å². The summed E-state index contributed by atoms with van der Waals surface area (Å²) in [7, 11) is -3.17. The molecule has 3 rings (SSSR count). The lowest BCUT2D eigenvalue weighted by atomic mass is 9.96. The van der Waals surface area contributed by atoms with Crippen LogP contribution in [0.2, 0.25) is 0 Å². The topological polar surface area (TPSA) is 135 Å². The highest BCUT2D eigenvalue weighted by molar-refractivity contribution is 7.47. The van der Waals surface area contributed by atoms with Gasteiger partial charge >= 0.3 is 13.5 Å². The first-order chi connectivity index (χ1) is 11.2. The van der Waals surface area contributed by atoms with Crippen LogP contribution in [-0.4, -0.2) is 46.0 Å². The Morgan fingerprint density at radius 1 is 1.62 bits per heavy atom. The van der Waals surface area contributed by atoms with E-state index in [2.05, 4.69) is 9.51 Å². The van der Waals surface area contributed by atoms with E-state index in [0.29, 0.717) is 12.0 Å². The van der Waals surface area contributed by atoms with Gasteiger partial charge in [0.25, 0.3) is 0 Å². The van der Waals surface area contributed by atoms with Gasteiger partial charge < -0.3 is 20.1 Å². The number of nitrogen functional groups attached to an aromatic ring is 1. The van der Waals surface area contributed by atoms with Gasteiger partial charge in [-0.05, 0) is 13.3 Å². The van der Waals surface area contributed by atoms with Crippen molar-refractivity contribution in [3.63, 3.8) is 0 Å². The number of phosphoric ester groups is 1. The molecular weight excluding hydrogens is 341 g/mol. The van der Waals surface area contributed by atoms with Crippen molar-refractivity contribution in [1.29, 1.82) is 0 Å². The molecule has 11 heteroatoms. The summed E-state index contributed by atoms with van der Waals surface area (Å²) in [6.45, 7) is 3.74. The highest BCUT2D eigenvalue weighted by atomic mass is 31.2. The van der Waals surface area contributed by atoms with E-state index in [0.717, 1.165) is 7.11 Å². The SMILES string of the molecule is CC[C@@]12CO[C@@H](C1OP(=O)(O)OC)[C@H](n1cc(C)c(N)nc1=O)O2. The van der Waals surface area contributed by atoms with Crippen LogP contribution in [0.4, 0.5) is 5.82 Å². The fourth-order valence-electron chi connectivity index (χ4n) is 3.05. The van der Waals surface area contributed by atoms with Crippen LogP contribution in [-0.2, 0) is 23.1 Å². The molecule has 2 unspecified atom stereocenters. The second kappa shape index (κ2) is 5.91. The van der Waals surface area contributed by atoms with Crippen molar-refractivity contribution in [1.82, 2.24) is 9.55 Å². The van der Waals surface area contributed by atoms with Crippen LogP contribution in [0.1, 0.15) is 25.1 Å². The molecule has 134 valence electrons. The molecule has 2 bridgehead atoms. The van der Waals surface area contributed by atoms with E-state index < -0.39 is 37.5 Å². The Labute approximate surface area is 138 Å². The molecule has 2 fully saturated rings. The zero-order valence-electron chi connectivity index (χ0n) is 13.5. The molecule has 0 amide bonds. The number of aryl methyl sites for hydroxylation is 1. The van der Waals surface area contributed by atoms with Gasteiger partial charge in [0, 0.05) is 18.9 Å². The smallest absolute Gasteiger partial charge is 0.383 e. The zero-order valence-corrected chi connectivity index (χ0v) is 14.4. The summed E-state index contributed by atoms with van der Waals surface area (Å²) in [5.74, 6) is 0.137. The number of ether oxygens (including phenoxy) is 2. The molecule has 2 aliphatic rings. The van der Waals surface area contributed by atoms with Crippen LogP contribution in [0.5, 0.6) is 0 Å². The quantitative estimate of drug-likeness (QED) is 0.712. The first kappa shape index (κ1) is 17.5. The number of rotatable bonds is 5. The van der Waals surface area contributed by atoms with Crippen molar-refractivity contribution in [2.24, 2.45) is 0 Å². The second-order valence-electron chi connectivity index (χ2n) is 5.88. The summed E-state index contributed by atoms with van der Waals surface area (Å²) in [6, 6.07) is 0.